The summed E-state index contributed by atoms with van der Waals surface area (Å²) in [7, 11) is -4.06. The third-order valence-electron chi connectivity index (χ3n) is 5.40. The number of aromatic nitrogens is 2. The molecule has 6 heteroatoms. The minimum Gasteiger partial charge on any atom is -0.268 e. The lowest BCUT2D eigenvalue weighted by Gasteiger charge is -2.24. The van der Waals surface area contributed by atoms with Crippen molar-refractivity contribution in [2.75, 3.05) is 0 Å². The van der Waals surface area contributed by atoms with Crippen LogP contribution < -0.4 is 5.56 Å². The van der Waals surface area contributed by atoms with Crippen LogP contribution in [0.3, 0.4) is 0 Å². The van der Waals surface area contributed by atoms with Gasteiger partial charge in [0.15, 0.2) is 5.82 Å². The minimum absolute atomic E-state index is 0.0823. The average Bonchev–Trinajstić information content (AvgIpc) is 2.74. The zero-order chi connectivity index (χ0) is 19.7. The Kier molecular flexibility index (Phi) is 4.89. The van der Waals surface area contributed by atoms with Gasteiger partial charge in [-0.05, 0) is 37.3 Å². The van der Waals surface area contributed by atoms with Crippen LogP contribution in [-0.4, -0.2) is 17.4 Å². The van der Waals surface area contributed by atoms with Crippen LogP contribution >= 0.6 is 0 Å². The molecule has 1 aromatic heterocycles. The smallest absolute Gasteiger partial charge is 0.268 e. The van der Waals surface area contributed by atoms with Crippen molar-refractivity contribution in [2.24, 2.45) is 5.92 Å². The van der Waals surface area contributed by atoms with E-state index in [2.05, 4.69) is 11.9 Å². The van der Waals surface area contributed by atoms with Crippen LogP contribution in [0.1, 0.15) is 31.0 Å². The summed E-state index contributed by atoms with van der Waals surface area (Å²) in [5.41, 5.74) is 1.41. The minimum atomic E-state index is -4.06. The number of aryl methyl sites for hydroxylation is 1. The first-order chi connectivity index (χ1) is 13.5. The molecular weight excluding hydrogens is 372 g/mol. The first-order valence-corrected chi connectivity index (χ1v) is 11.0. The topological polar surface area (TPSA) is 69.0 Å². The Hall–Kier alpha value is -2.73. The summed E-state index contributed by atoms with van der Waals surface area (Å²) in [5, 5.41) is 0. The molecule has 0 aliphatic heterocycles. The Bertz CT molecular complexity index is 1150. The van der Waals surface area contributed by atoms with Crippen molar-refractivity contribution in [3.63, 3.8) is 0 Å². The van der Waals surface area contributed by atoms with Gasteiger partial charge in [0.1, 0.15) is 0 Å². The zero-order valence-electron chi connectivity index (χ0n) is 15.7. The molecule has 3 aromatic rings. The number of hydrogen-bond donors (Lipinski definition) is 0. The standard InChI is InChI=1S/C22H22N2O3S/c1-2-16-13-14-20-19(15-16)22(25)24(21(23-20)17-9-5-3-6-10-17)28(26,27)18-11-7-4-8-12-18/h3-12,16H,2,13-15H2,1H3. The number of fused-ring (bicyclic) bond motifs is 1. The number of nitrogens with zero attached hydrogens (tertiary/aromatic N) is 2. The average molecular weight is 394 g/mol. The first kappa shape index (κ1) is 18.6. The summed E-state index contributed by atoms with van der Waals surface area (Å²) in [6.45, 7) is 2.10. The molecule has 144 valence electrons. The van der Waals surface area contributed by atoms with E-state index < -0.39 is 15.6 Å². The maximum atomic E-state index is 13.4. The Balaban J connectivity index is 2.02. The van der Waals surface area contributed by atoms with Crippen LogP contribution in [0.4, 0.5) is 0 Å². The maximum Gasteiger partial charge on any atom is 0.272 e. The van der Waals surface area contributed by atoms with Crippen LogP contribution in [0.15, 0.2) is 70.4 Å². The van der Waals surface area contributed by atoms with Crippen LogP contribution in [-0.2, 0) is 22.9 Å². The summed E-state index contributed by atoms with van der Waals surface area (Å²) in [6, 6.07) is 17.1. The fourth-order valence-corrected chi connectivity index (χ4v) is 5.18. The van der Waals surface area contributed by atoms with Crippen LogP contribution in [0, 0.1) is 5.92 Å². The molecule has 5 nitrogen and oxygen atoms in total. The van der Waals surface area contributed by atoms with Crippen molar-refractivity contribution in [1.82, 2.24) is 8.96 Å². The Morgan fingerprint density at radius 3 is 2.32 bits per heavy atom. The molecule has 2 aromatic carbocycles. The van der Waals surface area contributed by atoms with E-state index in [9.17, 15) is 13.2 Å². The van der Waals surface area contributed by atoms with Gasteiger partial charge >= 0.3 is 0 Å². The summed E-state index contributed by atoms with van der Waals surface area (Å²) in [5.74, 6) is 0.570. The van der Waals surface area contributed by atoms with E-state index in [1.54, 1.807) is 30.3 Å². The van der Waals surface area contributed by atoms with Gasteiger partial charge < -0.3 is 0 Å². The van der Waals surface area contributed by atoms with E-state index in [1.807, 2.05) is 18.2 Å². The molecule has 4 rings (SSSR count). The predicted octanol–water partition coefficient (Wildman–Crippen LogP) is 3.66. The number of hydrogen-bond acceptors (Lipinski definition) is 4. The van der Waals surface area contributed by atoms with Crippen LogP contribution in [0.25, 0.3) is 11.4 Å². The quantitative estimate of drug-likeness (QED) is 0.677. The van der Waals surface area contributed by atoms with Crippen LogP contribution in [0.5, 0.6) is 0 Å². The molecule has 0 amide bonds. The van der Waals surface area contributed by atoms with Crippen molar-refractivity contribution in [3.8, 4) is 11.4 Å². The molecule has 1 atom stereocenters. The first-order valence-electron chi connectivity index (χ1n) is 9.53. The molecule has 0 radical (unpaired) electrons. The summed E-state index contributed by atoms with van der Waals surface area (Å²) < 4.78 is 27.7. The highest BCUT2D eigenvalue weighted by atomic mass is 32.2. The Morgan fingerprint density at radius 1 is 1.04 bits per heavy atom. The van der Waals surface area contributed by atoms with Gasteiger partial charge in [-0.15, -0.1) is 0 Å². The van der Waals surface area contributed by atoms with E-state index in [4.69, 9.17) is 0 Å². The van der Waals surface area contributed by atoms with Gasteiger partial charge in [-0.3, -0.25) is 4.79 Å². The molecule has 1 aliphatic carbocycles. The molecule has 0 bridgehead atoms. The molecule has 28 heavy (non-hydrogen) atoms. The fourth-order valence-electron chi connectivity index (χ4n) is 3.76. The lowest BCUT2D eigenvalue weighted by atomic mass is 9.85. The van der Waals surface area contributed by atoms with E-state index in [0.29, 0.717) is 29.9 Å². The molecule has 1 heterocycles. The van der Waals surface area contributed by atoms with Crippen molar-refractivity contribution in [1.29, 1.82) is 0 Å². The molecule has 0 N–H and O–H groups in total. The highest BCUT2D eigenvalue weighted by Crippen LogP contribution is 2.28. The second-order valence-electron chi connectivity index (χ2n) is 7.13. The van der Waals surface area contributed by atoms with E-state index >= 15 is 0 Å². The Morgan fingerprint density at radius 2 is 1.68 bits per heavy atom. The van der Waals surface area contributed by atoms with E-state index in [-0.39, 0.29) is 10.7 Å². The highest BCUT2D eigenvalue weighted by molar-refractivity contribution is 7.90. The highest BCUT2D eigenvalue weighted by Gasteiger charge is 2.30. The van der Waals surface area contributed by atoms with Gasteiger partial charge in [-0.25, -0.2) is 13.4 Å². The molecule has 0 saturated heterocycles. The number of benzene rings is 2. The lowest BCUT2D eigenvalue weighted by Crippen LogP contribution is -2.36. The molecule has 0 fully saturated rings. The van der Waals surface area contributed by atoms with Gasteiger partial charge in [-0.2, -0.15) is 3.97 Å². The van der Waals surface area contributed by atoms with Gasteiger partial charge in [0, 0.05) is 11.1 Å². The summed E-state index contributed by atoms with van der Waals surface area (Å²) in [4.78, 5) is 18.2. The monoisotopic (exact) mass is 394 g/mol. The van der Waals surface area contributed by atoms with Crippen LogP contribution in [0.2, 0.25) is 0 Å². The molecule has 1 aliphatic rings. The second-order valence-corrected chi connectivity index (χ2v) is 8.92. The fraction of sp³-hybridized carbons (Fsp3) is 0.273. The molecule has 0 spiro atoms. The van der Waals surface area contributed by atoms with E-state index in [0.717, 1.165) is 22.5 Å². The second kappa shape index (κ2) is 7.36. The third kappa shape index (κ3) is 3.18. The van der Waals surface area contributed by atoms with Gasteiger partial charge in [-0.1, -0.05) is 61.9 Å². The SMILES string of the molecule is CCC1CCc2nc(-c3ccccc3)n(S(=O)(=O)c3ccccc3)c(=O)c2C1. The molecule has 1 unspecified atom stereocenters. The summed E-state index contributed by atoms with van der Waals surface area (Å²) in [6.07, 6.45) is 3.22. The van der Waals surface area contributed by atoms with Crippen molar-refractivity contribution in [2.45, 2.75) is 37.5 Å². The third-order valence-corrected chi connectivity index (χ3v) is 7.08. The largest absolute Gasteiger partial charge is 0.272 e. The molecular formula is C22H22N2O3S. The predicted molar refractivity (Wildman–Crippen MR) is 109 cm³/mol. The maximum absolute atomic E-state index is 13.4. The van der Waals surface area contributed by atoms with Crippen molar-refractivity contribution >= 4 is 10.0 Å². The Labute approximate surface area is 164 Å². The number of rotatable bonds is 4. The van der Waals surface area contributed by atoms with Gasteiger partial charge in [0.2, 0.25) is 0 Å². The normalized spacial score (nSPS) is 16.5. The van der Waals surface area contributed by atoms with E-state index in [1.165, 1.54) is 12.1 Å². The van der Waals surface area contributed by atoms with Crippen molar-refractivity contribution in [3.05, 3.63) is 82.3 Å². The lowest BCUT2D eigenvalue weighted by molar-refractivity contribution is 0.435. The van der Waals surface area contributed by atoms with Gasteiger partial charge in [0.05, 0.1) is 10.6 Å². The summed E-state index contributed by atoms with van der Waals surface area (Å²) >= 11 is 0. The van der Waals surface area contributed by atoms with Gasteiger partial charge in [0.25, 0.3) is 15.6 Å². The molecule has 0 saturated carbocycles. The zero-order valence-corrected chi connectivity index (χ0v) is 16.5. The van der Waals surface area contributed by atoms with Crippen molar-refractivity contribution < 1.29 is 8.42 Å².